The first-order chi connectivity index (χ1) is 10.4. The summed E-state index contributed by atoms with van der Waals surface area (Å²) in [5, 5.41) is 0. The Morgan fingerprint density at radius 1 is 0.636 bits per heavy atom. The fourth-order valence-electron chi connectivity index (χ4n) is 4.68. The van der Waals surface area contributed by atoms with E-state index in [1.807, 2.05) is 0 Å². The lowest BCUT2D eigenvalue weighted by molar-refractivity contribution is 0.393. The van der Waals surface area contributed by atoms with Crippen LogP contribution in [-0.2, 0) is 0 Å². The molecule has 2 aliphatic carbocycles. The van der Waals surface area contributed by atoms with Crippen LogP contribution in [0.15, 0.2) is 24.3 Å². The Kier molecular flexibility index (Phi) is 5.18. The first-order valence-corrected chi connectivity index (χ1v) is 9.06. The summed E-state index contributed by atoms with van der Waals surface area (Å²) < 4.78 is 0. The van der Waals surface area contributed by atoms with E-state index in [2.05, 4.69) is 34.1 Å². The largest absolute Gasteiger partial charge is 0.349 e. The molecular weight excluding hydrogens is 292 g/mol. The molecule has 0 spiro atoms. The molecule has 122 valence electrons. The third-order valence-electron chi connectivity index (χ3n) is 5.84. The lowest BCUT2D eigenvalue weighted by Gasteiger charge is -2.36. The second-order valence-electron chi connectivity index (χ2n) is 7.15. The molecular formula is C19H29ClN2. The SMILES string of the molecule is Cl.c1ccc2c(c1)N(C1CCCCC1)CN2C1CCCCC1. The van der Waals surface area contributed by atoms with E-state index >= 15 is 0 Å². The molecule has 4 rings (SSSR count). The highest BCUT2D eigenvalue weighted by atomic mass is 35.5. The molecule has 0 bridgehead atoms. The number of rotatable bonds is 2. The van der Waals surface area contributed by atoms with Crippen molar-refractivity contribution in [3.63, 3.8) is 0 Å². The van der Waals surface area contributed by atoms with Crippen LogP contribution in [0, 0.1) is 0 Å². The topological polar surface area (TPSA) is 6.48 Å². The van der Waals surface area contributed by atoms with Gasteiger partial charge in [0.15, 0.2) is 0 Å². The number of nitrogens with zero attached hydrogens (tertiary/aromatic N) is 2. The number of fused-ring (bicyclic) bond motifs is 1. The normalized spacial score (nSPS) is 23.3. The van der Waals surface area contributed by atoms with Crippen molar-refractivity contribution in [3.05, 3.63) is 24.3 Å². The van der Waals surface area contributed by atoms with Crippen LogP contribution in [0.2, 0.25) is 0 Å². The molecule has 1 aromatic rings. The highest BCUT2D eigenvalue weighted by Gasteiger charge is 2.34. The molecule has 0 saturated heterocycles. The molecule has 3 aliphatic rings. The molecule has 0 N–H and O–H groups in total. The van der Waals surface area contributed by atoms with E-state index in [0.29, 0.717) is 0 Å². The average molecular weight is 321 g/mol. The third-order valence-corrected chi connectivity index (χ3v) is 5.84. The van der Waals surface area contributed by atoms with Crippen molar-refractivity contribution < 1.29 is 0 Å². The molecule has 0 radical (unpaired) electrons. The molecule has 1 aromatic carbocycles. The minimum absolute atomic E-state index is 0. The van der Waals surface area contributed by atoms with Crippen molar-refractivity contribution in [2.24, 2.45) is 0 Å². The summed E-state index contributed by atoms with van der Waals surface area (Å²) in [6.07, 6.45) is 14.2. The van der Waals surface area contributed by atoms with Crippen LogP contribution in [0.3, 0.4) is 0 Å². The average Bonchev–Trinajstić information content (AvgIpc) is 2.96. The van der Waals surface area contributed by atoms with Gasteiger partial charge in [-0.15, -0.1) is 12.4 Å². The van der Waals surface area contributed by atoms with Crippen molar-refractivity contribution >= 4 is 23.8 Å². The van der Waals surface area contributed by atoms with Gasteiger partial charge in [0, 0.05) is 12.1 Å². The monoisotopic (exact) mass is 320 g/mol. The molecule has 2 nitrogen and oxygen atoms in total. The molecule has 22 heavy (non-hydrogen) atoms. The summed E-state index contributed by atoms with van der Waals surface area (Å²) in [5.74, 6) is 0. The van der Waals surface area contributed by atoms with E-state index in [0.717, 1.165) is 18.8 Å². The number of halogens is 1. The second-order valence-corrected chi connectivity index (χ2v) is 7.15. The Hall–Kier alpha value is -0.890. The van der Waals surface area contributed by atoms with E-state index in [9.17, 15) is 0 Å². The first kappa shape index (κ1) is 16.0. The van der Waals surface area contributed by atoms with E-state index in [-0.39, 0.29) is 12.4 Å². The van der Waals surface area contributed by atoms with Gasteiger partial charge in [0.05, 0.1) is 18.0 Å². The lowest BCUT2D eigenvalue weighted by Crippen LogP contribution is -2.44. The lowest BCUT2D eigenvalue weighted by atomic mass is 9.94. The molecule has 0 atom stereocenters. The zero-order valence-electron chi connectivity index (χ0n) is 13.5. The predicted octanol–water partition coefficient (Wildman–Crippen LogP) is 5.36. The van der Waals surface area contributed by atoms with Crippen LogP contribution in [-0.4, -0.2) is 18.8 Å². The highest BCUT2D eigenvalue weighted by molar-refractivity contribution is 5.85. The predicted molar refractivity (Wildman–Crippen MR) is 97.3 cm³/mol. The van der Waals surface area contributed by atoms with Gasteiger partial charge in [0.25, 0.3) is 0 Å². The van der Waals surface area contributed by atoms with Crippen molar-refractivity contribution in [2.45, 2.75) is 76.3 Å². The van der Waals surface area contributed by atoms with Gasteiger partial charge in [0.1, 0.15) is 0 Å². The molecule has 3 heteroatoms. The van der Waals surface area contributed by atoms with E-state index in [1.54, 1.807) is 0 Å². The van der Waals surface area contributed by atoms with E-state index in [1.165, 1.54) is 75.6 Å². The highest BCUT2D eigenvalue weighted by Crippen LogP contribution is 2.42. The second kappa shape index (κ2) is 7.12. The fourth-order valence-corrected chi connectivity index (χ4v) is 4.68. The first-order valence-electron chi connectivity index (χ1n) is 9.06. The molecule has 1 aliphatic heterocycles. The number of anilines is 2. The Bertz CT molecular complexity index is 435. The summed E-state index contributed by atoms with van der Waals surface area (Å²) in [5.41, 5.74) is 3.02. The fraction of sp³-hybridized carbons (Fsp3) is 0.684. The van der Waals surface area contributed by atoms with Gasteiger partial charge in [-0.2, -0.15) is 0 Å². The van der Waals surface area contributed by atoms with Gasteiger partial charge in [-0.3, -0.25) is 0 Å². The maximum Gasteiger partial charge on any atom is 0.0909 e. The molecule has 0 aromatic heterocycles. The maximum absolute atomic E-state index is 2.73. The van der Waals surface area contributed by atoms with Gasteiger partial charge in [-0.25, -0.2) is 0 Å². The zero-order chi connectivity index (χ0) is 14.1. The van der Waals surface area contributed by atoms with Crippen molar-refractivity contribution in [1.82, 2.24) is 0 Å². The van der Waals surface area contributed by atoms with Gasteiger partial charge in [-0.1, -0.05) is 50.7 Å². The summed E-state index contributed by atoms with van der Waals surface area (Å²) in [4.78, 5) is 5.45. The van der Waals surface area contributed by atoms with Crippen molar-refractivity contribution in [2.75, 3.05) is 16.5 Å². The number of hydrogen-bond donors (Lipinski definition) is 0. The molecule has 0 amide bonds. The third kappa shape index (κ3) is 2.95. The van der Waals surface area contributed by atoms with Crippen LogP contribution in [0.4, 0.5) is 11.4 Å². The summed E-state index contributed by atoms with van der Waals surface area (Å²) >= 11 is 0. The quantitative estimate of drug-likeness (QED) is 0.724. The summed E-state index contributed by atoms with van der Waals surface area (Å²) in [6.45, 7) is 1.15. The van der Waals surface area contributed by atoms with E-state index in [4.69, 9.17) is 0 Å². The molecule has 2 saturated carbocycles. The Morgan fingerprint density at radius 3 is 1.45 bits per heavy atom. The van der Waals surface area contributed by atoms with Crippen LogP contribution < -0.4 is 9.80 Å². The molecule has 0 unspecified atom stereocenters. The Morgan fingerprint density at radius 2 is 1.05 bits per heavy atom. The molecule has 1 heterocycles. The van der Waals surface area contributed by atoms with Gasteiger partial charge >= 0.3 is 0 Å². The van der Waals surface area contributed by atoms with E-state index < -0.39 is 0 Å². The summed E-state index contributed by atoms with van der Waals surface area (Å²) in [7, 11) is 0. The van der Waals surface area contributed by atoms with Crippen molar-refractivity contribution in [1.29, 1.82) is 0 Å². The minimum atomic E-state index is 0. The molecule has 2 fully saturated rings. The minimum Gasteiger partial charge on any atom is -0.349 e. The standard InChI is InChI=1S/C19H28N2.ClH/c1-3-9-16(10-4-1)20-15-21(17-11-5-2-6-12-17)19-14-8-7-13-18(19)20;/h7-8,13-14,16-17H,1-6,9-12,15H2;1H. The number of hydrogen-bond acceptors (Lipinski definition) is 2. The number of para-hydroxylation sites is 2. The van der Waals surface area contributed by atoms with Crippen molar-refractivity contribution in [3.8, 4) is 0 Å². The van der Waals surface area contributed by atoms with Crippen LogP contribution in [0.1, 0.15) is 64.2 Å². The van der Waals surface area contributed by atoms with Gasteiger partial charge in [0.2, 0.25) is 0 Å². The summed E-state index contributed by atoms with van der Waals surface area (Å²) in [6, 6.07) is 10.7. The smallest absolute Gasteiger partial charge is 0.0909 e. The van der Waals surface area contributed by atoms with Gasteiger partial charge in [-0.05, 0) is 37.8 Å². The Labute approximate surface area is 141 Å². The van der Waals surface area contributed by atoms with Gasteiger partial charge < -0.3 is 9.80 Å². The zero-order valence-corrected chi connectivity index (χ0v) is 14.4. The van der Waals surface area contributed by atoms with Crippen LogP contribution >= 0.6 is 12.4 Å². The number of benzene rings is 1. The van der Waals surface area contributed by atoms with Crippen LogP contribution in [0.25, 0.3) is 0 Å². The Balaban J connectivity index is 0.00000144. The maximum atomic E-state index is 2.73. The van der Waals surface area contributed by atoms with Crippen LogP contribution in [0.5, 0.6) is 0 Å².